The third-order valence-corrected chi connectivity index (χ3v) is 5.35. The van der Waals surface area contributed by atoms with Crippen LogP contribution in [0.25, 0.3) is 0 Å². The molecule has 1 atom stereocenters. The number of carboxylic acid groups (broad SMARTS) is 1. The Labute approximate surface area is 169 Å². The Hall–Kier alpha value is -1.89. The predicted octanol–water partition coefficient (Wildman–Crippen LogP) is 3.59. The van der Waals surface area contributed by atoms with Crippen molar-refractivity contribution in [3.63, 3.8) is 0 Å². The first-order chi connectivity index (χ1) is 13.6. The van der Waals surface area contributed by atoms with Crippen molar-refractivity contribution < 1.29 is 14.6 Å². The van der Waals surface area contributed by atoms with Gasteiger partial charge >= 0.3 is 5.97 Å². The lowest BCUT2D eigenvalue weighted by molar-refractivity contribution is -0.137. The molecular weight excluding hydrogens is 356 g/mol. The summed E-state index contributed by atoms with van der Waals surface area (Å²) in [4.78, 5) is 15.3. The maximum absolute atomic E-state index is 10.8. The van der Waals surface area contributed by atoms with E-state index in [2.05, 4.69) is 33.8 Å². The number of anilines is 1. The summed E-state index contributed by atoms with van der Waals surface area (Å²) in [6.45, 7) is 8.24. The van der Waals surface area contributed by atoms with Crippen molar-refractivity contribution in [3.8, 4) is 5.88 Å². The van der Waals surface area contributed by atoms with E-state index in [1.165, 1.54) is 32.1 Å². The monoisotopic (exact) mass is 392 g/mol. The second-order valence-corrected chi connectivity index (χ2v) is 7.55. The van der Waals surface area contributed by atoms with Gasteiger partial charge in [0.25, 0.3) is 0 Å². The summed E-state index contributed by atoms with van der Waals surface area (Å²) in [5.41, 5.74) is 0. The zero-order chi connectivity index (χ0) is 20.2. The van der Waals surface area contributed by atoms with Crippen LogP contribution in [0.15, 0.2) is 12.1 Å². The van der Waals surface area contributed by atoms with E-state index >= 15 is 0 Å². The normalized spacial score (nSPS) is 17.6. The van der Waals surface area contributed by atoms with E-state index in [0.29, 0.717) is 25.1 Å². The molecule has 1 saturated heterocycles. The number of unbranched alkanes of at least 4 members (excludes halogenated alkanes) is 5. The van der Waals surface area contributed by atoms with Crippen LogP contribution in [-0.4, -0.2) is 65.0 Å². The quantitative estimate of drug-likeness (QED) is 0.514. The molecule has 0 aliphatic carbocycles. The second-order valence-electron chi connectivity index (χ2n) is 7.55. The van der Waals surface area contributed by atoms with E-state index in [4.69, 9.17) is 9.84 Å². The van der Waals surface area contributed by atoms with Crippen LogP contribution in [0.4, 0.5) is 5.82 Å². The van der Waals surface area contributed by atoms with Gasteiger partial charge in [0.1, 0.15) is 0 Å². The van der Waals surface area contributed by atoms with Gasteiger partial charge in [0.15, 0.2) is 5.82 Å². The van der Waals surface area contributed by atoms with Crippen LogP contribution in [-0.2, 0) is 4.79 Å². The second kappa shape index (κ2) is 12.5. The van der Waals surface area contributed by atoms with E-state index in [-0.39, 0.29) is 6.42 Å². The molecule has 7 heteroatoms. The first-order valence-electron chi connectivity index (χ1n) is 10.8. The van der Waals surface area contributed by atoms with Crippen molar-refractivity contribution >= 4 is 11.8 Å². The number of aromatic nitrogens is 2. The molecule has 1 N–H and O–H groups in total. The summed E-state index contributed by atoms with van der Waals surface area (Å²) in [5.74, 6) is 0.722. The number of aliphatic carboxylic acids is 1. The van der Waals surface area contributed by atoms with E-state index in [0.717, 1.165) is 38.3 Å². The first kappa shape index (κ1) is 22.4. The highest BCUT2D eigenvalue weighted by atomic mass is 16.5. The van der Waals surface area contributed by atoms with Gasteiger partial charge in [-0.2, -0.15) is 0 Å². The van der Waals surface area contributed by atoms with Gasteiger partial charge < -0.3 is 14.7 Å². The van der Waals surface area contributed by atoms with Crippen molar-refractivity contribution in [2.45, 2.75) is 71.3 Å². The fourth-order valence-corrected chi connectivity index (χ4v) is 3.63. The number of piperazine rings is 1. The summed E-state index contributed by atoms with van der Waals surface area (Å²) in [7, 11) is 0. The van der Waals surface area contributed by atoms with Crippen molar-refractivity contribution in [3.05, 3.63) is 12.1 Å². The number of nitrogens with zero attached hydrogens (tertiary/aromatic N) is 4. The molecule has 1 aliphatic rings. The number of rotatable bonds is 13. The number of ether oxygens (including phenoxy) is 1. The van der Waals surface area contributed by atoms with Gasteiger partial charge in [0, 0.05) is 38.3 Å². The molecule has 28 heavy (non-hydrogen) atoms. The number of hydrogen-bond donors (Lipinski definition) is 1. The van der Waals surface area contributed by atoms with Crippen LogP contribution >= 0.6 is 0 Å². The fraction of sp³-hybridized carbons (Fsp3) is 0.762. The number of carbonyl (C=O) groups is 1. The maximum atomic E-state index is 10.8. The molecule has 0 amide bonds. The molecule has 1 fully saturated rings. The fourth-order valence-electron chi connectivity index (χ4n) is 3.63. The topological polar surface area (TPSA) is 78.8 Å². The minimum atomic E-state index is -0.738. The highest BCUT2D eigenvalue weighted by Crippen LogP contribution is 2.21. The average Bonchev–Trinajstić information content (AvgIpc) is 2.72. The van der Waals surface area contributed by atoms with Gasteiger partial charge in [-0.25, -0.2) is 0 Å². The van der Waals surface area contributed by atoms with E-state index in [9.17, 15) is 4.79 Å². The molecule has 1 aliphatic heterocycles. The van der Waals surface area contributed by atoms with Gasteiger partial charge in [0.05, 0.1) is 13.0 Å². The maximum Gasteiger partial charge on any atom is 0.304 e. The van der Waals surface area contributed by atoms with Gasteiger partial charge in [-0.3, -0.25) is 9.69 Å². The Morgan fingerprint density at radius 3 is 2.61 bits per heavy atom. The van der Waals surface area contributed by atoms with E-state index in [1.54, 1.807) is 0 Å². The van der Waals surface area contributed by atoms with Crippen LogP contribution in [0, 0.1) is 0 Å². The molecule has 2 rings (SSSR count). The Bertz CT molecular complexity index is 567. The van der Waals surface area contributed by atoms with Crippen LogP contribution in [0.2, 0.25) is 0 Å². The van der Waals surface area contributed by atoms with Crippen molar-refractivity contribution in [2.24, 2.45) is 0 Å². The lowest BCUT2D eigenvalue weighted by Crippen LogP contribution is -2.53. The third-order valence-electron chi connectivity index (χ3n) is 5.35. The third kappa shape index (κ3) is 7.62. The van der Waals surface area contributed by atoms with Gasteiger partial charge in [-0.05, 0) is 18.9 Å². The molecule has 0 radical (unpaired) electrons. The van der Waals surface area contributed by atoms with Crippen molar-refractivity contribution in [2.75, 3.05) is 37.7 Å². The van der Waals surface area contributed by atoms with Crippen molar-refractivity contribution in [1.82, 2.24) is 15.1 Å². The summed E-state index contributed by atoms with van der Waals surface area (Å²) >= 11 is 0. The zero-order valence-electron chi connectivity index (χ0n) is 17.5. The molecular formula is C21H36N4O3. The number of hydrogen-bond acceptors (Lipinski definition) is 6. The summed E-state index contributed by atoms with van der Waals surface area (Å²) < 4.78 is 5.72. The molecule has 2 heterocycles. The molecule has 0 saturated carbocycles. The van der Waals surface area contributed by atoms with Crippen LogP contribution < -0.4 is 9.64 Å². The van der Waals surface area contributed by atoms with E-state index < -0.39 is 5.97 Å². The Balaban J connectivity index is 1.76. The SMILES string of the molecule is CCCCCCCCOc1ccc(N2CCN(CCC(=O)O)CC2CC)nn1. The molecule has 0 spiro atoms. The Morgan fingerprint density at radius 2 is 1.93 bits per heavy atom. The molecule has 7 nitrogen and oxygen atoms in total. The molecule has 0 aromatic carbocycles. The molecule has 1 aromatic rings. The predicted molar refractivity (Wildman–Crippen MR) is 111 cm³/mol. The molecule has 158 valence electrons. The molecule has 0 bridgehead atoms. The highest BCUT2D eigenvalue weighted by Gasteiger charge is 2.27. The van der Waals surface area contributed by atoms with Crippen molar-refractivity contribution in [1.29, 1.82) is 0 Å². The lowest BCUT2D eigenvalue weighted by atomic mass is 10.1. The largest absolute Gasteiger partial charge is 0.481 e. The Morgan fingerprint density at radius 1 is 1.14 bits per heavy atom. The Kier molecular flexibility index (Phi) is 10.0. The lowest BCUT2D eigenvalue weighted by Gasteiger charge is -2.41. The average molecular weight is 393 g/mol. The van der Waals surface area contributed by atoms with Crippen LogP contribution in [0.1, 0.15) is 65.2 Å². The molecule has 1 unspecified atom stereocenters. The smallest absolute Gasteiger partial charge is 0.304 e. The van der Waals surface area contributed by atoms with Gasteiger partial charge in [-0.1, -0.05) is 46.0 Å². The van der Waals surface area contributed by atoms with Crippen LogP contribution in [0.3, 0.4) is 0 Å². The summed E-state index contributed by atoms with van der Waals surface area (Å²) in [6.07, 6.45) is 8.63. The zero-order valence-corrected chi connectivity index (χ0v) is 17.5. The highest BCUT2D eigenvalue weighted by molar-refractivity contribution is 5.66. The molecule has 1 aromatic heterocycles. The first-order valence-corrected chi connectivity index (χ1v) is 10.8. The number of carboxylic acids is 1. The summed E-state index contributed by atoms with van der Waals surface area (Å²) in [5, 5.41) is 17.5. The van der Waals surface area contributed by atoms with Gasteiger partial charge in [0.2, 0.25) is 5.88 Å². The summed E-state index contributed by atoms with van der Waals surface area (Å²) in [6, 6.07) is 4.22. The van der Waals surface area contributed by atoms with Gasteiger partial charge in [-0.15, -0.1) is 10.2 Å². The van der Waals surface area contributed by atoms with Crippen LogP contribution in [0.5, 0.6) is 5.88 Å². The minimum Gasteiger partial charge on any atom is -0.481 e. The minimum absolute atomic E-state index is 0.195. The standard InChI is InChI=1S/C21H36N4O3/c1-3-5-6-7-8-9-16-28-20-11-10-19(22-23-20)25-15-14-24(13-12-21(26)27)17-18(25)4-2/h10-11,18H,3-9,12-17H2,1-2H3,(H,26,27). The van der Waals surface area contributed by atoms with E-state index in [1.807, 2.05) is 12.1 Å².